The van der Waals surface area contributed by atoms with E-state index in [2.05, 4.69) is 0 Å². The lowest BCUT2D eigenvalue weighted by atomic mass is 10.2. The molecule has 26 heavy (non-hydrogen) atoms. The minimum absolute atomic E-state index is 0.199. The molecule has 134 valence electrons. The van der Waals surface area contributed by atoms with Gasteiger partial charge in [0.05, 0.1) is 11.3 Å². The summed E-state index contributed by atoms with van der Waals surface area (Å²) in [5.74, 6) is -2.93. The fraction of sp³-hybridized carbons (Fsp3) is 0.235. The zero-order chi connectivity index (χ0) is 18.8. The molecular formula is C17H13N2O5S2-. The van der Waals surface area contributed by atoms with Gasteiger partial charge in [0.15, 0.2) is 0 Å². The first kappa shape index (κ1) is 18.3. The SMILES string of the molecule is O=C([O-])CCN1C(=O)C[C@H](N2C(=O)/C(=C/c3ccccc3)SC2=S)C1=O. The molecule has 2 saturated heterocycles. The number of carbonyl (C=O) groups is 4. The van der Waals surface area contributed by atoms with Gasteiger partial charge in [-0.05, 0) is 11.6 Å². The third-order valence-electron chi connectivity index (χ3n) is 3.99. The predicted octanol–water partition coefficient (Wildman–Crippen LogP) is 0.155. The van der Waals surface area contributed by atoms with Crippen molar-refractivity contribution in [1.29, 1.82) is 0 Å². The number of carbonyl (C=O) groups excluding carboxylic acids is 4. The quantitative estimate of drug-likeness (QED) is 0.402. The van der Waals surface area contributed by atoms with Crippen LogP contribution >= 0.6 is 24.0 Å². The first-order valence-electron chi connectivity index (χ1n) is 7.74. The Labute approximate surface area is 158 Å². The maximum atomic E-state index is 12.7. The van der Waals surface area contributed by atoms with Gasteiger partial charge in [0, 0.05) is 18.9 Å². The number of carboxylic acid groups (broad SMARTS) is 1. The number of nitrogens with zero attached hydrogens (tertiary/aromatic N) is 2. The summed E-state index contributed by atoms with van der Waals surface area (Å²) in [4.78, 5) is 50.2. The van der Waals surface area contributed by atoms with Gasteiger partial charge in [0.2, 0.25) is 5.91 Å². The van der Waals surface area contributed by atoms with Gasteiger partial charge in [-0.3, -0.25) is 24.2 Å². The van der Waals surface area contributed by atoms with Crippen LogP contribution in [0.1, 0.15) is 18.4 Å². The molecule has 0 unspecified atom stereocenters. The Kier molecular flexibility index (Phi) is 5.19. The van der Waals surface area contributed by atoms with Gasteiger partial charge < -0.3 is 9.90 Å². The van der Waals surface area contributed by atoms with Crippen LogP contribution < -0.4 is 5.11 Å². The summed E-state index contributed by atoms with van der Waals surface area (Å²) >= 11 is 6.29. The molecule has 3 amide bonds. The number of hydrogen-bond acceptors (Lipinski definition) is 7. The molecule has 3 rings (SSSR count). The van der Waals surface area contributed by atoms with Crippen LogP contribution in [0.3, 0.4) is 0 Å². The summed E-state index contributed by atoms with van der Waals surface area (Å²) in [7, 11) is 0. The van der Waals surface area contributed by atoms with Gasteiger partial charge in [-0.1, -0.05) is 54.3 Å². The molecule has 1 atom stereocenters. The van der Waals surface area contributed by atoms with Gasteiger partial charge in [0.25, 0.3) is 11.8 Å². The number of thiocarbonyl (C=S) groups is 1. The summed E-state index contributed by atoms with van der Waals surface area (Å²) in [5.41, 5.74) is 0.817. The highest BCUT2D eigenvalue weighted by Crippen LogP contribution is 2.36. The van der Waals surface area contributed by atoms with E-state index in [1.165, 1.54) is 0 Å². The molecule has 2 aliphatic rings. The molecule has 2 heterocycles. The molecule has 2 aliphatic heterocycles. The number of likely N-dealkylation sites (tertiary alicyclic amines) is 1. The Hall–Kier alpha value is -2.52. The van der Waals surface area contributed by atoms with Gasteiger partial charge in [-0.2, -0.15) is 0 Å². The van der Waals surface area contributed by atoms with E-state index in [9.17, 15) is 24.3 Å². The molecule has 9 heteroatoms. The van der Waals surface area contributed by atoms with Gasteiger partial charge in [0.1, 0.15) is 10.4 Å². The Morgan fingerprint density at radius 3 is 2.62 bits per heavy atom. The molecule has 1 aromatic carbocycles. The number of rotatable bonds is 5. The van der Waals surface area contributed by atoms with Crippen LogP contribution in [0.4, 0.5) is 0 Å². The van der Waals surface area contributed by atoms with Crippen LogP contribution in [0.2, 0.25) is 0 Å². The molecule has 0 bridgehead atoms. The third kappa shape index (κ3) is 3.54. The summed E-state index contributed by atoms with van der Waals surface area (Å²) in [5, 5.41) is 10.6. The fourth-order valence-electron chi connectivity index (χ4n) is 2.75. The molecular weight excluding hydrogens is 376 g/mol. The topological polar surface area (TPSA) is 97.8 Å². The summed E-state index contributed by atoms with van der Waals surface area (Å²) in [6.45, 7) is -0.273. The highest BCUT2D eigenvalue weighted by Gasteiger charge is 2.48. The Balaban J connectivity index is 1.79. The van der Waals surface area contributed by atoms with Crippen molar-refractivity contribution in [2.45, 2.75) is 18.9 Å². The highest BCUT2D eigenvalue weighted by molar-refractivity contribution is 8.26. The largest absolute Gasteiger partial charge is 0.550 e. The molecule has 0 aromatic heterocycles. The number of imide groups is 1. The van der Waals surface area contributed by atoms with E-state index in [1.54, 1.807) is 6.08 Å². The lowest BCUT2D eigenvalue weighted by Crippen LogP contribution is -2.44. The molecule has 7 nitrogen and oxygen atoms in total. The average Bonchev–Trinajstić information content (AvgIpc) is 3.02. The fourth-order valence-corrected chi connectivity index (χ4v) is 4.11. The summed E-state index contributed by atoms with van der Waals surface area (Å²) in [6, 6.07) is 8.16. The van der Waals surface area contributed by atoms with E-state index < -0.39 is 36.2 Å². The first-order chi connectivity index (χ1) is 12.4. The van der Waals surface area contributed by atoms with E-state index >= 15 is 0 Å². The zero-order valence-electron chi connectivity index (χ0n) is 13.4. The average molecular weight is 389 g/mol. The van der Waals surface area contributed by atoms with Crippen molar-refractivity contribution in [2.24, 2.45) is 0 Å². The van der Waals surface area contributed by atoms with E-state index in [0.29, 0.717) is 4.91 Å². The standard InChI is InChI=1S/C17H14N2O5S2/c20-13-9-11(15(23)18(13)7-6-14(21)22)19-16(24)12(26-17(19)25)8-10-4-2-1-3-5-10/h1-5,8,11H,6-7,9H2,(H,21,22)/p-1/b12-8-/t11-/m0/s1. The predicted molar refractivity (Wildman–Crippen MR) is 96.2 cm³/mol. The molecule has 0 aliphatic carbocycles. The van der Waals surface area contributed by atoms with E-state index in [0.717, 1.165) is 27.1 Å². The Morgan fingerprint density at radius 2 is 1.96 bits per heavy atom. The van der Waals surface area contributed by atoms with E-state index in [-0.39, 0.29) is 17.3 Å². The van der Waals surface area contributed by atoms with Gasteiger partial charge in [-0.25, -0.2) is 0 Å². The summed E-state index contributed by atoms with van der Waals surface area (Å²) < 4.78 is 0.199. The monoisotopic (exact) mass is 389 g/mol. The van der Waals surface area contributed by atoms with Gasteiger partial charge >= 0.3 is 0 Å². The molecule has 0 N–H and O–H groups in total. The lowest BCUT2D eigenvalue weighted by Gasteiger charge is -2.21. The molecule has 2 fully saturated rings. The van der Waals surface area contributed by atoms with Crippen molar-refractivity contribution in [3.8, 4) is 0 Å². The second kappa shape index (κ2) is 7.38. The van der Waals surface area contributed by atoms with Crippen LogP contribution in [0.5, 0.6) is 0 Å². The van der Waals surface area contributed by atoms with Crippen LogP contribution in [-0.2, 0) is 19.2 Å². The van der Waals surface area contributed by atoms with Crippen LogP contribution in [-0.4, -0.2) is 50.4 Å². The van der Waals surface area contributed by atoms with Crippen molar-refractivity contribution in [2.75, 3.05) is 6.54 Å². The smallest absolute Gasteiger partial charge is 0.266 e. The van der Waals surface area contributed by atoms with Crippen molar-refractivity contribution in [3.63, 3.8) is 0 Å². The highest BCUT2D eigenvalue weighted by atomic mass is 32.2. The number of benzene rings is 1. The third-order valence-corrected chi connectivity index (χ3v) is 5.32. The lowest BCUT2D eigenvalue weighted by molar-refractivity contribution is -0.305. The van der Waals surface area contributed by atoms with Crippen LogP contribution in [0.25, 0.3) is 6.08 Å². The van der Waals surface area contributed by atoms with Crippen molar-refractivity contribution < 1.29 is 24.3 Å². The first-order valence-corrected chi connectivity index (χ1v) is 8.97. The summed E-state index contributed by atoms with van der Waals surface area (Å²) in [6.07, 6.45) is 1.02. The number of thioether (sulfide) groups is 1. The maximum Gasteiger partial charge on any atom is 0.266 e. The Morgan fingerprint density at radius 1 is 1.27 bits per heavy atom. The van der Waals surface area contributed by atoms with Crippen molar-refractivity contribution in [1.82, 2.24) is 9.80 Å². The number of amides is 3. The van der Waals surface area contributed by atoms with Crippen molar-refractivity contribution >= 4 is 58.1 Å². The maximum absolute atomic E-state index is 12.7. The molecule has 0 radical (unpaired) electrons. The second-order valence-corrected chi connectivity index (χ2v) is 7.36. The normalized spacial score (nSPS) is 22.0. The molecule has 0 saturated carbocycles. The molecule has 1 aromatic rings. The minimum Gasteiger partial charge on any atom is -0.550 e. The molecule has 0 spiro atoms. The second-order valence-electron chi connectivity index (χ2n) is 5.69. The minimum atomic E-state index is -1.36. The number of carboxylic acids is 1. The Bertz CT molecular complexity index is 837. The number of aliphatic carboxylic acids is 1. The zero-order valence-corrected chi connectivity index (χ0v) is 15.0. The van der Waals surface area contributed by atoms with Crippen LogP contribution in [0, 0.1) is 0 Å². The van der Waals surface area contributed by atoms with Crippen LogP contribution in [0.15, 0.2) is 35.2 Å². The van der Waals surface area contributed by atoms with E-state index in [1.807, 2.05) is 30.3 Å². The van der Waals surface area contributed by atoms with Gasteiger partial charge in [-0.15, -0.1) is 0 Å². The van der Waals surface area contributed by atoms with Crippen molar-refractivity contribution in [3.05, 3.63) is 40.8 Å². The van der Waals surface area contributed by atoms with E-state index in [4.69, 9.17) is 12.2 Å². The number of hydrogen-bond donors (Lipinski definition) is 0.